The molecule has 0 unspecified atom stereocenters. The van der Waals surface area contributed by atoms with E-state index in [1.54, 1.807) is 0 Å². The van der Waals surface area contributed by atoms with Crippen molar-refractivity contribution in [3.8, 4) is 11.1 Å². The van der Waals surface area contributed by atoms with Crippen LogP contribution in [0.5, 0.6) is 0 Å². The fraction of sp³-hybridized carbons (Fsp3) is 0.261. The van der Waals surface area contributed by atoms with Crippen LogP contribution < -0.4 is 16.0 Å². The molecule has 144 valence electrons. The number of aromatic amines is 1. The molecule has 2 aliphatic rings. The molecule has 0 atom stereocenters. The number of rotatable bonds is 5. The van der Waals surface area contributed by atoms with Crippen molar-refractivity contribution >= 4 is 17.8 Å². The summed E-state index contributed by atoms with van der Waals surface area (Å²) in [5, 5.41) is 3.17. The number of fused-ring (bicyclic) bond motifs is 1. The lowest BCUT2D eigenvalue weighted by Gasteiger charge is -2.27. The Labute approximate surface area is 165 Å². The Bertz CT molecular complexity index is 1010. The monoisotopic (exact) mass is 374 g/mol. The minimum atomic E-state index is -0.376. The normalized spacial score (nSPS) is 15.9. The zero-order chi connectivity index (χ0) is 19.7. The van der Waals surface area contributed by atoms with E-state index in [-0.39, 0.29) is 5.91 Å². The van der Waals surface area contributed by atoms with Gasteiger partial charge in [-0.2, -0.15) is 0 Å². The van der Waals surface area contributed by atoms with E-state index in [4.69, 9.17) is 5.73 Å². The van der Waals surface area contributed by atoms with Crippen molar-refractivity contribution in [2.24, 2.45) is 5.73 Å². The Morgan fingerprint density at radius 3 is 2.82 bits per heavy atom. The topological polar surface area (TPSA) is 74.1 Å². The summed E-state index contributed by atoms with van der Waals surface area (Å²) in [6, 6.07) is 8.62. The average Bonchev–Trinajstić information content (AvgIpc) is 3.13. The van der Waals surface area contributed by atoms with Gasteiger partial charge in [-0.15, -0.1) is 0 Å². The summed E-state index contributed by atoms with van der Waals surface area (Å²) in [6.07, 6.45) is 10.4. The maximum Gasteiger partial charge on any atom is 0.246 e. The van der Waals surface area contributed by atoms with E-state index >= 15 is 0 Å². The molecule has 0 fully saturated rings. The number of H-pyrrole nitrogens is 1. The number of nitrogens with one attached hydrogen (secondary N) is 2. The minimum absolute atomic E-state index is 0.376. The Kier molecular flexibility index (Phi) is 4.82. The molecule has 4 rings (SSSR count). The van der Waals surface area contributed by atoms with Gasteiger partial charge in [-0.05, 0) is 40.8 Å². The van der Waals surface area contributed by atoms with Gasteiger partial charge in [-0.1, -0.05) is 37.6 Å². The summed E-state index contributed by atoms with van der Waals surface area (Å²) in [5.41, 5.74) is 13.3. The number of dihydropyridines is 1. The number of aryl methyl sites for hydroxylation is 1. The van der Waals surface area contributed by atoms with Gasteiger partial charge in [-0.25, -0.2) is 0 Å². The zero-order valence-corrected chi connectivity index (χ0v) is 16.4. The molecule has 0 saturated heterocycles. The first-order valence-electron chi connectivity index (χ1n) is 9.74. The van der Waals surface area contributed by atoms with Gasteiger partial charge in [-0.3, -0.25) is 4.79 Å². The lowest BCUT2D eigenvalue weighted by Crippen LogP contribution is -2.28. The number of allylic oxidation sites excluding steroid dienone is 1. The number of hydrogen-bond acceptors (Lipinski definition) is 3. The molecule has 0 spiro atoms. The second kappa shape index (κ2) is 7.43. The molecule has 1 aromatic carbocycles. The quantitative estimate of drug-likeness (QED) is 0.751. The zero-order valence-electron chi connectivity index (χ0n) is 16.4. The number of benzene rings is 1. The van der Waals surface area contributed by atoms with Crippen molar-refractivity contribution < 1.29 is 4.79 Å². The lowest BCUT2D eigenvalue weighted by atomic mass is 9.92. The van der Waals surface area contributed by atoms with Gasteiger partial charge in [0.25, 0.3) is 0 Å². The molecular formula is C23H26N4O. The molecule has 4 N–H and O–H groups in total. The SMILES string of the molecule is CCCc1ccccc1-c1c[nH]c2c1C=C(C1=CNCC(C(N)=O)=C1)CN2C. The van der Waals surface area contributed by atoms with Crippen LogP contribution in [0.15, 0.2) is 59.5 Å². The number of carbonyl (C=O) groups excluding carboxylic acids is 1. The Morgan fingerprint density at radius 2 is 2.04 bits per heavy atom. The van der Waals surface area contributed by atoms with Gasteiger partial charge in [0.1, 0.15) is 5.82 Å². The highest BCUT2D eigenvalue weighted by molar-refractivity contribution is 5.94. The summed E-state index contributed by atoms with van der Waals surface area (Å²) in [4.78, 5) is 17.3. The molecule has 3 heterocycles. The van der Waals surface area contributed by atoms with E-state index in [0.717, 1.165) is 36.4 Å². The van der Waals surface area contributed by atoms with E-state index in [1.165, 1.54) is 22.3 Å². The van der Waals surface area contributed by atoms with Crippen molar-refractivity contribution in [3.05, 3.63) is 70.6 Å². The third-order valence-corrected chi connectivity index (χ3v) is 5.40. The molecule has 0 bridgehead atoms. The van der Waals surface area contributed by atoms with E-state index in [9.17, 15) is 4.79 Å². The molecule has 2 aliphatic heterocycles. The number of aromatic nitrogens is 1. The molecule has 28 heavy (non-hydrogen) atoms. The number of likely N-dealkylation sites (N-methyl/N-ethyl adjacent to an activating group) is 1. The molecule has 1 aromatic heterocycles. The Morgan fingerprint density at radius 1 is 1.21 bits per heavy atom. The smallest absolute Gasteiger partial charge is 0.246 e. The summed E-state index contributed by atoms with van der Waals surface area (Å²) >= 11 is 0. The molecule has 0 radical (unpaired) electrons. The second-order valence-electron chi connectivity index (χ2n) is 7.41. The van der Waals surface area contributed by atoms with Gasteiger partial charge in [0, 0.05) is 49.2 Å². The highest BCUT2D eigenvalue weighted by Crippen LogP contribution is 2.39. The van der Waals surface area contributed by atoms with Gasteiger partial charge >= 0.3 is 0 Å². The van der Waals surface area contributed by atoms with E-state index in [1.807, 2.05) is 12.3 Å². The number of nitrogens with zero attached hydrogens (tertiary/aromatic N) is 1. The minimum Gasteiger partial charge on any atom is -0.386 e. The summed E-state index contributed by atoms with van der Waals surface area (Å²) < 4.78 is 0. The summed E-state index contributed by atoms with van der Waals surface area (Å²) in [7, 11) is 2.08. The highest BCUT2D eigenvalue weighted by Gasteiger charge is 2.23. The second-order valence-corrected chi connectivity index (χ2v) is 7.41. The first kappa shape index (κ1) is 18.2. The highest BCUT2D eigenvalue weighted by atomic mass is 16.1. The Hall–Kier alpha value is -3.21. The van der Waals surface area contributed by atoms with Crippen molar-refractivity contribution in [1.29, 1.82) is 0 Å². The molecule has 5 heteroatoms. The van der Waals surface area contributed by atoms with Crippen LogP contribution >= 0.6 is 0 Å². The van der Waals surface area contributed by atoms with E-state index in [0.29, 0.717) is 12.1 Å². The molecule has 1 amide bonds. The van der Waals surface area contributed by atoms with Crippen molar-refractivity contribution in [2.75, 3.05) is 25.0 Å². The summed E-state index contributed by atoms with van der Waals surface area (Å²) in [5.74, 6) is 0.743. The third-order valence-electron chi connectivity index (χ3n) is 5.40. The van der Waals surface area contributed by atoms with Crippen molar-refractivity contribution in [1.82, 2.24) is 10.3 Å². The molecule has 0 aliphatic carbocycles. The van der Waals surface area contributed by atoms with Crippen LogP contribution in [0.4, 0.5) is 5.82 Å². The van der Waals surface area contributed by atoms with Crippen LogP contribution in [0, 0.1) is 0 Å². The van der Waals surface area contributed by atoms with Gasteiger partial charge < -0.3 is 20.9 Å². The van der Waals surface area contributed by atoms with Gasteiger partial charge in [0.15, 0.2) is 0 Å². The molecule has 5 nitrogen and oxygen atoms in total. The van der Waals surface area contributed by atoms with Crippen molar-refractivity contribution in [2.45, 2.75) is 19.8 Å². The largest absolute Gasteiger partial charge is 0.386 e. The number of hydrogen-bond donors (Lipinski definition) is 3. The predicted molar refractivity (Wildman–Crippen MR) is 115 cm³/mol. The maximum atomic E-state index is 11.6. The standard InChI is InChI=1S/C23H26N4O/c1-3-6-15-7-4-5-8-19(15)21-13-26-23-20(21)10-18(14-27(23)2)16-9-17(22(24)28)12-25-11-16/h4-5,7-11,13,25-26H,3,6,12,14H2,1-2H3,(H2,24,28). The van der Waals surface area contributed by atoms with Crippen LogP contribution in [0.3, 0.4) is 0 Å². The third kappa shape index (κ3) is 3.24. The molecule has 0 saturated carbocycles. The maximum absolute atomic E-state index is 11.6. The van der Waals surface area contributed by atoms with Crippen LogP contribution in [0.2, 0.25) is 0 Å². The first-order valence-corrected chi connectivity index (χ1v) is 9.74. The van der Waals surface area contributed by atoms with Gasteiger partial charge in [0.05, 0.1) is 0 Å². The Balaban J connectivity index is 1.79. The molecule has 2 aromatic rings. The number of carbonyl (C=O) groups is 1. The average molecular weight is 374 g/mol. The van der Waals surface area contributed by atoms with Crippen LogP contribution in [-0.2, 0) is 11.2 Å². The molecular weight excluding hydrogens is 348 g/mol. The number of amides is 1. The van der Waals surface area contributed by atoms with Crippen molar-refractivity contribution in [3.63, 3.8) is 0 Å². The predicted octanol–water partition coefficient (Wildman–Crippen LogP) is 3.37. The van der Waals surface area contributed by atoms with E-state index < -0.39 is 0 Å². The number of primary amides is 1. The van der Waals surface area contributed by atoms with Crippen LogP contribution in [0.1, 0.15) is 24.5 Å². The number of nitrogens with two attached hydrogens (primary N) is 1. The fourth-order valence-electron chi connectivity index (χ4n) is 4.00. The summed E-state index contributed by atoms with van der Waals surface area (Å²) in [6.45, 7) is 3.45. The number of anilines is 1. The fourth-order valence-corrected chi connectivity index (χ4v) is 4.00. The van der Waals surface area contributed by atoms with E-state index in [2.05, 4.69) is 65.7 Å². The van der Waals surface area contributed by atoms with Gasteiger partial charge in [0.2, 0.25) is 5.91 Å². The lowest BCUT2D eigenvalue weighted by molar-refractivity contribution is -0.114. The van der Waals surface area contributed by atoms with Crippen LogP contribution in [0.25, 0.3) is 17.2 Å². The first-order chi connectivity index (χ1) is 13.6. The van der Waals surface area contributed by atoms with Crippen LogP contribution in [-0.4, -0.2) is 31.0 Å².